The molecule has 0 amide bonds. The molecule has 0 unspecified atom stereocenters. The molecule has 25 heavy (non-hydrogen) atoms. The zero-order valence-corrected chi connectivity index (χ0v) is 14.0. The maximum Gasteiger partial charge on any atom is 0.0991 e. The van der Waals surface area contributed by atoms with Crippen molar-refractivity contribution in [3.05, 3.63) is 59.8 Å². The molecule has 3 aromatic rings. The fourth-order valence-electron chi connectivity index (χ4n) is 3.36. The first kappa shape index (κ1) is 15.6. The van der Waals surface area contributed by atoms with Crippen molar-refractivity contribution in [1.82, 2.24) is 4.98 Å². The van der Waals surface area contributed by atoms with Crippen molar-refractivity contribution >= 4 is 16.6 Å². The molecule has 1 aliphatic rings. The number of aromatic nitrogens is 1. The molecule has 1 aromatic heterocycles. The third kappa shape index (κ3) is 2.95. The monoisotopic (exact) mass is 328 g/mol. The largest absolute Gasteiger partial charge is 0.382 e. The molecule has 0 spiro atoms. The predicted octanol–water partition coefficient (Wildman–Crippen LogP) is 4.02. The molecule has 0 bridgehead atoms. The van der Waals surface area contributed by atoms with Crippen LogP contribution in [-0.2, 0) is 0 Å². The number of anilines is 1. The van der Waals surface area contributed by atoms with E-state index in [4.69, 9.17) is 16.0 Å². The molecule has 0 atom stereocenters. The highest BCUT2D eigenvalue weighted by molar-refractivity contribution is 5.98. The number of fused-ring (bicyclic) bond motifs is 1. The van der Waals surface area contributed by atoms with Gasteiger partial charge in [-0.15, -0.1) is 0 Å². The Labute approximate surface area is 147 Å². The van der Waals surface area contributed by atoms with Gasteiger partial charge in [-0.1, -0.05) is 30.3 Å². The van der Waals surface area contributed by atoms with E-state index in [9.17, 15) is 0 Å². The van der Waals surface area contributed by atoms with E-state index in [0.717, 1.165) is 28.9 Å². The van der Waals surface area contributed by atoms with E-state index < -0.39 is 0 Å². The Bertz CT molecular complexity index is 950. The van der Waals surface area contributed by atoms with Gasteiger partial charge in [0.05, 0.1) is 29.0 Å². The minimum absolute atomic E-state index is 0.605. The maximum absolute atomic E-state index is 9.00. The molecule has 2 aromatic carbocycles. The van der Waals surface area contributed by atoms with Gasteiger partial charge in [0.2, 0.25) is 0 Å². The summed E-state index contributed by atoms with van der Waals surface area (Å²) in [5.74, 6) is 0.613. The van der Waals surface area contributed by atoms with Gasteiger partial charge < -0.3 is 11.1 Å². The van der Waals surface area contributed by atoms with Gasteiger partial charge in [0.25, 0.3) is 0 Å². The van der Waals surface area contributed by atoms with E-state index in [1.807, 2.05) is 30.5 Å². The molecular formula is C21H20N4. The minimum atomic E-state index is 0.605. The Kier molecular flexibility index (Phi) is 4.09. The number of nitriles is 1. The molecule has 4 nitrogen and oxygen atoms in total. The second-order valence-electron chi connectivity index (χ2n) is 6.47. The zero-order chi connectivity index (χ0) is 17.2. The molecular weight excluding hydrogens is 308 g/mol. The molecule has 1 saturated carbocycles. The van der Waals surface area contributed by atoms with Crippen molar-refractivity contribution in [3.8, 4) is 17.2 Å². The van der Waals surface area contributed by atoms with Crippen LogP contribution in [0.4, 0.5) is 5.69 Å². The van der Waals surface area contributed by atoms with Crippen molar-refractivity contribution in [1.29, 1.82) is 5.26 Å². The van der Waals surface area contributed by atoms with Gasteiger partial charge in [0.15, 0.2) is 0 Å². The lowest BCUT2D eigenvalue weighted by atomic mass is 9.96. The summed E-state index contributed by atoms with van der Waals surface area (Å²) >= 11 is 0. The average molecular weight is 328 g/mol. The van der Waals surface area contributed by atoms with Crippen molar-refractivity contribution in [2.75, 3.05) is 18.4 Å². The number of rotatable bonds is 5. The average Bonchev–Trinajstić information content (AvgIpc) is 3.50. The molecule has 1 aliphatic carbocycles. The Morgan fingerprint density at radius 3 is 2.64 bits per heavy atom. The fraction of sp³-hybridized carbons (Fsp3) is 0.238. The van der Waals surface area contributed by atoms with E-state index in [1.54, 1.807) is 0 Å². The second kappa shape index (κ2) is 6.54. The van der Waals surface area contributed by atoms with Crippen molar-refractivity contribution in [2.45, 2.75) is 18.8 Å². The SMILES string of the molecule is N#Cc1ccc(-c2cccc3c(C4CC4)c(NCCN)cnc23)cc1. The molecule has 0 radical (unpaired) electrons. The summed E-state index contributed by atoms with van der Waals surface area (Å²) < 4.78 is 0. The summed E-state index contributed by atoms with van der Waals surface area (Å²) in [6, 6.07) is 16.2. The van der Waals surface area contributed by atoms with Crippen LogP contribution < -0.4 is 11.1 Å². The Morgan fingerprint density at radius 1 is 1.16 bits per heavy atom. The van der Waals surface area contributed by atoms with Crippen LogP contribution in [0.1, 0.15) is 29.9 Å². The van der Waals surface area contributed by atoms with E-state index in [0.29, 0.717) is 18.0 Å². The smallest absolute Gasteiger partial charge is 0.0991 e. The number of nitrogens with one attached hydrogen (secondary N) is 1. The molecule has 124 valence electrons. The lowest BCUT2D eigenvalue weighted by Crippen LogP contribution is -2.14. The summed E-state index contributed by atoms with van der Waals surface area (Å²) in [5, 5.41) is 13.6. The summed E-state index contributed by atoms with van der Waals surface area (Å²) in [4.78, 5) is 4.76. The van der Waals surface area contributed by atoms with Gasteiger partial charge in [-0.3, -0.25) is 4.98 Å². The van der Waals surface area contributed by atoms with E-state index in [2.05, 4.69) is 29.6 Å². The van der Waals surface area contributed by atoms with Crippen molar-refractivity contribution in [2.24, 2.45) is 5.73 Å². The van der Waals surface area contributed by atoms with Crippen molar-refractivity contribution < 1.29 is 0 Å². The standard InChI is InChI=1S/C21H20N4/c22-10-11-24-19-13-25-21-17(15-6-4-14(12-23)5-7-15)2-1-3-18(21)20(19)16-8-9-16/h1-7,13,16,24H,8-11,22H2. The first-order valence-corrected chi connectivity index (χ1v) is 8.68. The van der Waals surface area contributed by atoms with Crippen LogP contribution in [0, 0.1) is 11.3 Å². The number of nitrogens with zero attached hydrogens (tertiary/aromatic N) is 2. The van der Waals surface area contributed by atoms with Gasteiger partial charge in [-0.05, 0) is 42.0 Å². The van der Waals surface area contributed by atoms with Crippen LogP contribution in [0.3, 0.4) is 0 Å². The third-order valence-electron chi connectivity index (χ3n) is 4.71. The third-order valence-corrected chi connectivity index (χ3v) is 4.71. The normalized spacial score (nSPS) is 13.6. The number of nitrogens with two attached hydrogens (primary N) is 1. The molecule has 0 saturated heterocycles. The molecule has 4 rings (SSSR count). The quantitative estimate of drug-likeness (QED) is 0.742. The Hall–Kier alpha value is -2.90. The fourth-order valence-corrected chi connectivity index (χ4v) is 3.36. The number of hydrogen-bond acceptors (Lipinski definition) is 4. The molecule has 0 aliphatic heterocycles. The van der Waals surface area contributed by atoms with Gasteiger partial charge in [0.1, 0.15) is 0 Å². The van der Waals surface area contributed by atoms with E-state index >= 15 is 0 Å². The van der Waals surface area contributed by atoms with Gasteiger partial charge in [-0.2, -0.15) is 5.26 Å². The highest BCUT2D eigenvalue weighted by Crippen LogP contribution is 2.47. The minimum Gasteiger partial charge on any atom is -0.382 e. The molecule has 3 N–H and O–H groups in total. The van der Waals surface area contributed by atoms with Gasteiger partial charge in [-0.25, -0.2) is 0 Å². The van der Waals surface area contributed by atoms with E-state index in [1.165, 1.54) is 23.8 Å². The topological polar surface area (TPSA) is 74.7 Å². The first-order valence-electron chi connectivity index (χ1n) is 8.68. The van der Waals surface area contributed by atoms with Gasteiger partial charge in [0, 0.05) is 24.0 Å². The van der Waals surface area contributed by atoms with E-state index in [-0.39, 0.29) is 0 Å². The van der Waals surface area contributed by atoms with Crippen LogP contribution in [-0.4, -0.2) is 18.1 Å². The van der Waals surface area contributed by atoms with Gasteiger partial charge >= 0.3 is 0 Å². The van der Waals surface area contributed by atoms with Crippen molar-refractivity contribution in [3.63, 3.8) is 0 Å². The number of hydrogen-bond donors (Lipinski definition) is 2. The predicted molar refractivity (Wildman–Crippen MR) is 101 cm³/mol. The lowest BCUT2D eigenvalue weighted by Gasteiger charge is -2.15. The number of benzene rings is 2. The Morgan fingerprint density at radius 2 is 1.96 bits per heavy atom. The summed E-state index contributed by atoms with van der Waals surface area (Å²) in [5.41, 5.74) is 12.0. The van der Waals surface area contributed by atoms with Crippen LogP contribution in [0.25, 0.3) is 22.0 Å². The Balaban J connectivity index is 1.86. The second-order valence-corrected chi connectivity index (χ2v) is 6.47. The summed E-state index contributed by atoms with van der Waals surface area (Å²) in [6.07, 6.45) is 4.41. The molecule has 4 heteroatoms. The molecule has 1 heterocycles. The lowest BCUT2D eigenvalue weighted by molar-refractivity contribution is 1.01. The highest BCUT2D eigenvalue weighted by Gasteiger charge is 2.28. The first-order chi connectivity index (χ1) is 12.3. The number of para-hydroxylation sites is 1. The van der Waals surface area contributed by atoms with Crippen LogP contribution in [0.15, 0.2) is 48.7 Å². The summed E-state index contributed by atoms with van der Waals surface area (Å²) in [6.45, 7) is 1.36. The number of pyridine rings is 1. The maximum atomic E-state index is 9.00. The van der Waals surface area contributed by atoms with Crippen LogP contribution >= 0.6 is 0 Å². The highest BCUT2D eigenvalue weighted by atomic mass is 14.9. The van der Waals surface area contributed by atoms with Crippen LogP contribution in [0.2, 0.25) is 0 Å². The zero-order valence-electron chi connectivity index (χ0n) is 14.0. The summed E-state index contributed by atoms with van der Waals surface area (Å²) in [7, 11) is 0. The molecule has 1 fully saturated rings. The van der Waals surface area contributed by atoms with Crippen LogP contribution in [0.5, 0.6) is 0 Å².